The summed E-state index contributed by atoms with van der Waals surface area (Å²) in [5.41, 5.74) is 1.26. The monoisotopic (exact) mass is 408 g/mol. The summed E-state index contributed by atoms with van der Waals surface area (Å²) >= 11 is 0. The molecule has 0 radical (unpaired) electrons. The molecule has 29 heavy (non-hydrogen) atoms. The van der Waals surface area contributed by atoms with E-state index in [1.54, 1.807) is 48.5 Å². The Morgan fingerprint density at radius 3 is 1.93 bits per heavy atom. The minimum absolute atomic E-state index is 0.0104. The van der Waals surface area contributed by atoms with Crippen LogP contribution in [0.25, 0.3) is 0 Å². The second-order valence-corrected chi connectivity index (χ2v) is 7.97. The molecule has 0 unspecified atom stereocenters. The second kappa shape index (κ2) is 7.06. The number of ether oxygens (including phenoxy) is 1. The molecule has 146 valence electrons. The average Bonchev–Trinajstić information content (AvgIpc) is 2.99. The molecule has 1 heterocycles. The Morgan fingerprint density at radius 1 is 0.793 bits per heavy atom. The third-order valence-corrected chi connectivity index (χ3v) is 5.93. The van der Waals surface area contributed by atoms with Crippen LogP contribution < -0.4 is 14.4 Å². The quantitative estimate of drug-likeness (QED) is 0.654. The van der Waals surface area contributed by atoms with Crippen LogP contribution in [-0.2, 0) is 10.0 Å². The third kappa shape index (κ3) is 3.23. The van der Waals surface area contributed by atoms with Crippen LogP contribution in [0.4, 0.5) is 11.4 Å². The van der Waals surface area contributed by atoms with Crippen LogP contribution in [0.1, 0.15) is 20.7 Å². The highest BCUT2D eigenvalue weighted by atomic mass is 32.2. The second-order valence-electron chi connectivity index (χ2n) is 6.29. The summed E-state index contributed by atoms with van der Waals surface area (Å²) in [6.45, 7) is 0. The first-order valence-electron chi connectivity index (χ1n) is 8.66. The van der Waals surface area contributed by atoms with Crippen molar-refractivity contribution in [1.82, 2.24) is 0 Å². The van der Waals surface area contributed by atoms with Gasteiger partial charge in [-0.3, -0.25) is 14.3 Å². The van der Waals surface area contributed by atoms with Gasteiger partial charge in [0.05, 0.1) is 34.5 Å². The van der Waals surface area contributed by atoms with Gasteiger partial charge in [0, 0.05) is 0 Å². The maximum Gasteiger partial charge on any atom is 0.266 e. The smallest absolute Gasteiger partial charge is 0.266 e. The molecule has 0 aromatic heterocycles. The Kier molecular flexibility index (Phi) is 4.56. The Hall–Kier alpha value is -3.65. The summed E-state index contributed by atoms with van der Waals surface area (Å²) in [6.07, 6.45) is 0. The lowest BCUT2D eigenvalue weighted by Gasteiger charge is -2.15. The molecule has 8 heteroatoms. The van der Waals surface area contributed by atoms with E-state index in [0.717, 1.165) is 4.90 Å². The summed E-state index contributed by atoms with van der Waals surface area (Å²) < 4.78 is 33.0. The lowest BCUT2D eigenvalue weighted by molar-refractivity contribution is 0.0926. The van der Waals surface area contributed by atoms with Gasteiger partial charge in [-0.1, -0.05) is 24.3 Å². The van der Waals surface area contributed by atoms with Crippen molar-refractivity contribution in [2.24, 2.45) is 0 Å². The van der Waals surface area contributed by atoms with E-state index in [1.165, 1.54) is 31.4 Å². The van der Waals surface area contributed by atoms with E-state index in [1.807, 2.05) is 0 Å². The van der Waals surface area contributed by atoms with Gasteiger partial charge in [-0.15, -0.1) is 0 Å². The number of hydrogen-bond donors (Lipinski definition) is 1. The minimum Gasteiger partial charge on any atom is -0.495 e. The van der Waals surface area contributed by atoms with E-state index >= 15 is 0 Å². The van der Waals surface area contributed by atoms with Gasteiger partial charge in [-0.2, -0.15) is 0 Å². The fourth-order valence-electron chi connectivity index (χ4n) is 3.13. The topological polar surface area (TPSA) is 92.8 Å². The Bertz CT molecular complexity index is 1180. The van der Waals surface area contributed by atoms with Gasteiger partial charge in [0.1, 0.15) is 5.75 Å². The number of benzene rings is 3. The fraction of sp³-hybridized carbons (Fsp3) is 0.0476. The number of fused-ring (bicyclic) bond motifs is 1. The molecule has 0 saturated heterocycles. The van der Waals surface area contributed by atoms with E-state index in [4.69, 9.17) is 4.74 Å². The molecule has 1 aliphatic heterocycles. The summed E-state index contributed by atoms with van der Waals surface area (Å²) in [5.74, 6) is -0.486. The predicted octanol–water partition coefficient (Wildman–Crippen LogP) is 3.30. The maximum absolute atomic E-state index is 12.7. The molecule has 0 fully saturated rings. The summed E-state index contributed by atoms with van der Waals surface area (Å²) in [7, 11) is -2.44. The predicted molar refractivity (Wildman–Crippen MR) is 108 cm³/mol. The zero-order chi connectivity index (χ0) is 20.6. The number of anilines is 2. The van der Waals surface area contributed by atoms with Crippen molar-refractivity contribution in [3.8, 4) is 5.75 Å². The van der Waals surface area contributed by atoms with Crippen LogP contribution in [0.3, 0.4) is 0 Å². The molecule has 3 aromatic carbocycles. The third-order valence-electron chi connectivity index (χ3n) is 4.55. The maximum atomic E-state index is 12.7. The molecular weight excluding hydrogens is 392 g/mol. The largest absolute Gasteiger partial charge is 0.495 e. The molecule has 3 aromatic rings. The first-order chi connectivity index (χ1) is 13.9. The molecule has 0 atom stereocenters. The van der Waals surface area contributed by atoms with Crippen molar-refractivity contribution in [3.05, 3.63) is 83.9 Å². The SMILES string of the molecule is COc1ccccc1NS(=O)(=O)c1ccc(N2C(=O)c3ccccc3C2=O)cc1. The minimum atomic E-state index is -3.89. The number of hydrogen-bond acceptors (Lipinski definition) is 5. The van der Waals surface area contributed by atoms with Gasteiger partial charge in [-0.25, -0.2) is 13.3 Å². The number of methoxy groups -OCH3 is 1. The molecule has 0 spiro atoms. The van der Waals surface area contributed by atoms with Gasteiger partial charge in [0.15, 0.2) is 0 Å². The van der Waals surface area contributed by atoms with Crippen molar-refractivity contribution < 1.29 is 22.7 Å². The lowest BCUT2D eigenvalue weighted by Crippen LogP contribution is -2.29. The first kappa shape index (κ1) is 18.7. The normalized spacial score (nSPS) is 13.3. The van der Waals surface area contributed by atoms with E-state index in [9.17, 15) is 18.0 Å². The molecule has 0 bridgehead atoms. The molecule has 2 amide bonds. The number of carbonyl (C=O) groups excluding carboxylic acids is 2. The van der Waals surface area contributed by atoms with Crippen molar-refractivity contribution in [2.45, 2.75) is 4.90 Å². The number of carbonyl (C=O) groups is 2. The van der Waals surface area contributed by atoms with E-state index in [0.29, 0.717) is 28.3 Å². The van der Waals surface area contributed by atoms with Crippen molar-refractivity contribution in [2.75, 3.05) is 16.7 Å². The molecule has 4 rings (SSSR count). The highest BCUT2D eigenvalue weighted by Crippen LogP contribution is 2.30. The molecule has 1 aliphatic rings. The summed E-state index contributed by atoms with van der Waals surface area (Å²) in [5, 5.41) is 0. The number of nitrogens with one attached hydrogen (secondary N) is 1. The number of rotatable bonds is 5. The van der Waals surface area contributed by atoms with Gasteiger partial charge in [0.25, 0.3) is 21.8 Å². The van der Waals surface area contributed by atoms with Gasteiger partial charge in [-0.05, 0) is 48.5 Å². The fourth-order valence-corrected chi connectivity index (χ4v) is 4.20. The standard InChI is InChI=1S/C21H16N2O5S/c1-28-19-9-5-4-8-18(19)22-29(26,27)15-12-10-14(11-13-15)23-20(24)16-6-2-3-7-17(16)21(23)25/h2-13,22H,1H3. The number of imide groups is 1. The Morgan fingerprint density at radius 2 is 1.34 bits per heavy atom. The van der Waals surface area contributed by atoms with Crippen molar-refractivity contribution in [1.29, 1.82) is 0 Å². The zero-order valence-electron chi connectivity index (χ0n) is 15.3. The Labute approximate surface area is 167 Å². The number of nitrogens with zero attached hydrogens (tertiary/aromatic N) is 1. The van der Waals surface area contributed by atoms with Gasteiger partial charge in [0.2, 0.25) is 0 Å². The van der Waals surface area contributed by atoms with Crippen LogP contribution >= 0.6 is 0 Å². The van der Waals surface area contributed by atoms with Crippen LogP contribution in [0.2, 0.25) is 0 Å². The summed E-state index contributed by atoms with van der Waals surface area (Å²) in [6, 6.07) is 18.7. The van der Waals surface area contributed by atoms with E-state index in [-0.39, 0.29) is 4.90 Å². The van der Waals surface area contributed by atoms with E-state index < -0.39 is 21.8 Å². The molecular formula is C21H16N2O5S. The van der Waals surface area contributed by atoms with Gasteiger partial charge < -0.3 is 4.74 Å². The molecule has 1 N–H and O–H groups in total. The van der Waals surface area contributed by atoms with Gasteiger partial charge >= 0.3 is 0 Å². The molecule has 0 saturated carbocycles. The van der Waals surface area contributed by atoms with Crippen LogP contribution in [-0.4, -0.2) is 27.3 Å². The molecule has 7 nitrogen and oxygen atoms in total. The van der Waals surface area contributed by atoms with E-state index in [2.05, 4.69) is 4.72 Å². The summed E-state index contributed by atoms with van der Waals surface area (Å²) in [4.78, 5) is 26.1. The van der Waals surface area contributed by atoms with Crippen LogP contribution in [0.5, 0.6) is 5.75 Å². The highest BCUT2D eigenvalue weighted by molar-refractivity contribution is 7.92. The van der Waals surface area contributed by atoms with Crippen LogP contribution in [0.15, 0.2) is 77.7 Å². The first-order valence-corrected chi connectivity index (χ1v) is 10.1. The van der Waals surface area contributed by atoms with Crippen molar-refractivity contribution >= 4 is 33.2 Å². The van der Waals surface area contributed by atoms with Crippen LogP contribution in [0, 0.1) is 0 Å². The molecule has 0 aliphatic carbocycles. The number of para-hydroxylation sites is 2. The average molecular weight is 408 g/mol. The van der Waals surface area contributed by atoms with Crippen molar-refractivity contribution in [3.63, 3.8) is 0 Å². The zero-order valence-corrected chi connectivity index (χ0v) is 16.1. The lowest BCUT2D eigenvalue weighted by atomic mass is 10.1. The highest BCUT2D eigenvalue weighted by Gasteiger charge is 2.36. The number of sulfonamides is 1. The number of amides is 2. The Balaban J connectivity index is 1.62.